The molecule has 0 saturated heterocycles. The maximum atomic E-state index is 13.7. The lowest BCUT2D eigenvalue weighted by molar-refractivity contribution is 0.627. The van der Waals surface area contributed by atoms with Gasteiger partial charge in [-0.05, 0) is 19.1 Å². The summed E-state index contributed by atoms with van der Waals surface area (Å²) in [6.45, 7) is 1.88. The number of benzene rings is 1. The van der Waals surface area contributed by atoms with Crippen molar-refractivity contribution in [3.05, 3.63) is 35.3 Å². The zero-order valence-corrected chi connectivity index (χ0v) is 7.76. The van der Waals surface area contributed by atoms with E-state index in [9.17, 15) is 4.39 Å². The summed E-state index contributed by atoms with van der Waals surface area (Å²) < 4.78 is 13.7. The highest BCUT2D eigenvalue weighted by molar-refractivity contribution is 5.81. The fraction of sp³-hybridized carbons (Fsp3) is 0.182. The van der Waals surface area contributed by atoms with Crippen LogP contribution in [0.25, 0.3) is 10.9 Å². The molecule has 70 valence electrons. The van der Waals surface area contributed by atoms with E-state index < -0.39 is 0 Å². The number of aromatic amines is 1. The minimum atomic E-state index is -0.284. The van der Waals surface area contributed by atoms with Crippen molar-refractivity contribution in [2.24, 2.45) is 0 Å². The standard InChI is InChI=1S/C11H9FN2/c1-7-6-9-10(14-7)3-2-8(4-5-13)11(9)12/h2-3,6,14H,4H2,1H3. The van der Waals surface area contributed by atoms with Crippen LogP contribution in [0.15, 0.2) is 18.2 Å². The fourth-order valence-electron chi connectivity index (χ4n) is 1.57. The Labute approximate surface area is 81.0 Å². The summed E-state index contributed by atoms with van der Waals surface area (Å²) in [5.74, 6) is -0.284. The van der Waals surface area contributed by atoms with Gasteiger partial charge < -0.3 is 4.98 Å². The number of hydrogen-bond acceptors (Lipinski definition) is 1. The number of H-pyrrole nitrogens is 1. The van der Waals surface area contributed by atoms with Crippen LogP contribution in [-0.4, -0.2) is 4.98 Å². The van der Waals surface area contributed by atoms with Gasteiger partial charge in [0.25, 0.3) is 0 Å². The molecule has 0 aliphatic carbocycles. The van der Waals surface area contributed by atoms with E-state index in [0.717, 1.165) is 11.2 Å². The maximum absolute atomic E-state index is 13.7. The minimum absolute atomic E-state index is 0.117. The van der Waals surface area contributed by atoms with Crippen molar-refractivity contribution in [1.82, 2.24) is 4.98 Å². The number of hydrogen-bond donors (Lipinski definition) is 1. The molecule has 1 N–H and O–H groups in total. The van der Waals surface area contributed by atoms with Gasteiger partial charge in [-0.3, -0.25) is 0 Å². The van der Waals surface area contributed by atoms with Gasteiger partial charge in [0.2, 0.25) is 0 Å². The Morgan fingerprint density at radius 3 is 3.00 bits per heavy atom. The average molecular weight is 188 g/mol. The van der Waals surface area contributed by atoms with Crippen molar-refractivity contribution in [1.29, 1.82) is 5.26 Å². The van der Waals surface area contributed by atoms with Crippen LogP contribution >= 0.6 is 0 Å². The number of aryl methyl sites for hydroxylation is 1. The molecule has 0 aliphatic heterocycles. The molecule has 0 fully saturated rings. The second-order valence-electron chi connectivity index (χ2n) is 3.29. The molecule has 0 unspecified atom stereocenters. The Bertz CT molecular complexity index is 520. The summed E-state index contributed by atoms with van der Waals surface area (Å²) in [5.41, 5.74) is 2.16. The first-order valence-electron chi connectivity index (χ1n) is 4.36. The van der Waals surface area contributed by atoms with Gasteiger partial charge in [0.1, 0.15) is 5.82 Å². The largest absolute Gasteiger partial charge is 0.359 e. The van der Waals surface area contributed by atoms with Crippen LogP contribution in [0, 0.1) is 24.1 Å². The van der Waals surface area contributed by atoms with Crippen LogP contribution in [-0.2, 0) is 6.42 Å². The summed E-state index contributed by atoms with van der Waals surface area (Å²) in [6.07, 6.45) is 0.117. The zero-order chi connectivity index (χ0) is 10.1. The van der Waals surface area contributed by atoms with E-state index in [1.807, 2.05) is 13.0 Å². The third-order valence-electron chi connectivity index (χ3n) is 2.22. The van der Waals surface area contributed by atoms with Crippen LogP contribution in [0.4, 0.5) is 4.39 Å². The molecular weight excluding hydrogens is 179 g/mol. The number of nitrogens with zero attached hydrogens (tertiary/aromatic N) is 1. The van der Waals surface area contributed by atoms with Crippen LogP contribution < -0.4 is 0 Å². The lowest BCUT2D eigenvalue weighted by Gasteiger charge is -1.98. The van der Waals surface area contributed by atoms with Crippen molar-refractivity contribution >= 4 is 10.9 Å². The number of halogens is 1. The Morgan fingerprint density at radius 1 is 1.50 bits per heavy atom. The van der Waals surface area contributed by atoms with Crippen LogP contribution in [0.1, 0.15) is 11.3 Å². The van der Waals surface area contributed by atoms with Crippen molar-refractivity contribution < 1.29 is 4.39 Å². The molecule has 14 heavy (non-hydrogen) atoms. The van der Waals surface area contributed by atoms with Gasteiger partial charge in [0.15, 0.2) is 0 Å². The van der Waals surface area contributed by atoms with E-state index >= 15 is 0 Å². The normalized spacial score (nSPS) is 10.4. The summed E-state index contributed by atoms with van der Waals surface area (Å²) in [4.78, 5) is 3.05. The summed E-state index contributed by atoms with van der Waals surface area (Å²) in [7, 11) is 0. The first kappa shape index (κ1) is 8.76. The second kappa shape index (κ2) is 3.15. The molecule has 0 atom stereocenters. The number of nitriles is 1. The van der Waals surface area contributed by atoms with Crippen LogP contribution in [0.3, 0.4) is 0 Å². The molecule has 0 aliphatic rings. The molecule has 2 nitrogen and oxygen atoms in total. The highest BCUT2D eigenvalue weighted by Crippen LogP contribution is 2.21. The quantitative estimate of drug-likeness (QED) is 0.734. The van der Waals surface area contributed by atoms with Gasteiger partial charge in [-0.2, -0.15) is 5.26 Å². The molecule has 0 saturated carbocycles. The molecule has 3 heteroatoms. The molecule has 1 aromatic carbocycles. The lowest BCUT2D eigenvalue weighted by Crippen LogP contribution is -1.88. The number of rotatable bonds is 1. The van der Waals surface area contributed by atoms with E-state index in [-0.39, 0.29) is 12.2 Å². The molecule has 0 spiro atoms. The summed E-state index contributed by atoms with van der Waals surface area (Å²) in [5, 5.41) is 9.06. The van der Waals surface area contributed by atoms with Gasteiger partial charge in [-0.25, -0.2) is 4.39 Å². The molecule has 0 radical (unpaired) electrons. The minimum Gasteiger partial charge on any atom is -0.359 e. The fourth-order valence-corrected chi connectivity index (χ4v) is 1.57. The highest BCUT2D eigenvalue weighted by Gasteiger charge is 2.08. The van der Waals surface area contributed by atoms with Gasteiger partial charge >= 0.3 is 0 Å². The third-order valence-corrected chi connectivity index (χ3v) is 2.22. The van der Waals surface area contributed by atoms with Crippen molar-refractivity contribution in [2.75, 3.05) is 0 Å². The van der Waals surface area contributed by atoms with Crippen LogP contribution in [0.5, 0.6) is 0 Å². The SMILES string of the molecule is Cc1cc2c(F)c(CC#N)ccc2[nH]1. The molecule has 2 rings (SSSR count). The van der Waals surface area contributed by atoms with E-state index in [2.05, 4.69) is 4.98 Å². The van der Waals surface area contributed by atoms with E-state index in [1.54, 1.807) is 18.2 Å². The van der Waals surface area contributed by atoms with Gasteiger partial charge in [-0.1, -0.05) is 6.07 Å². The topological polar surface area (TPSA) is 39.6 Å². The number of fused-ring (bicyclic) bond motifs is 1. The first-order valence-corrected chi connectivity index (χ1v) is 4.36. The Kier molecular flexibility index (Phi) is 1.97. The summed E-state index contributed by atoms with van der Waals surface area (Å²) >= 11 is 0. The Hall–Kier alpha value is -1.82. The first-order chi connectivity index (χ1) is 6.72. The maximum Gasteiger partial charge on any atom is 0.136 e. The monoisotopic (exact) mass is 188 g/mol. The Balaban J connectivity index is 2.69. The predicted octanol–water partition coefficient (Wildman–Crippen LogP) is 2.68. The van der Waals surface area contributed by atoms with Crippen molar-refractivity contribution in [3.63, 3.8) is 0 Å². The predicted molar refractivity (Wildman–Crippen MR) is 52.3 cm³/mol. The number of nitrogens with one attached hydrogen (secondary N) is 1. The van der Waals surface area contributed by atoms with Gasteiger partial charge in [-0.15, -0.1) is 0 Å². The molecule has 1 heterocycles. The zero-order valence-electron chi connectivity index (χ0n) is 7.76. The smallest absolute Gasteiger partial charge is 0.136 e. The summed E-state index contributed by atoms with van der Waals surface area (Å²) in [6, 6.07) is 7.15. The lowest BCUT2D eigenvalue weighted by atomic mass is 10.1. The highest BCUT2D eigenvalue weighted by atomic mass is 19.1. The molecule has 0 bridgehead atoms. The third kappa shape index (κ3) is 1.25. The van der Waals surface area contributed by atoms with E-state index in [4.69, 9.17) is 5.26 Å². The number of aromatic nitrogens is 1. The average Bonchev–Trinajstić information content (AvgIpc) is 2.52. The van der Waals surface area contributed by atoms with Crippen molar-refractivity contribution in [3.8, 4) is 6.07 Å². The second-order valence-corrected chi connectivity index (χ2v) is 3.29. The van der Waals surface area contributed by atoms with Crippen LogP contribution in [0.2, 0.25) is 0 Å². The molecule has 1 aromatic heterocycles. The molecular formula is C11H9FN2. The molecule has 0 amide bonds. The van der Waals surface area contributed by atoms with Gasteiger partial charge in [0, 0.05) is 22.2 Å². The van der Waals surface area contributed by atoms with E-state index in [0.29, 0.717) is 10.9 Å². The molecule has 2 aromatic rings. The van der Waals surface area contributed by atoms with Gasteiger partial charge in [0.05, 0.1) is 12.5 Å². The van der Waals surface area contributed by atoms with Crippen molar-refractivity contribution in [2.45, 2.75) is 13.3 Å². The Morgan fingerprint density at radius 2 is 2.29 bits per heavy atom. The van der Waals surface area contributed by atoms with E-state index in [1.165, 1.54) is 0 Å².